The van der Waals surface area contributed by atoms with E-state index in [-0.39, 0.29) is 35.8 Å². The molecule has 0 amide bonds. The first-order chi connectivity index (χ1) is 12.4. The molecule has 1 saturated heterocycles. The zero-order valence-electron chi connectivity index (χ0n) is 16.4. The molecule has 27 heavy (non-hydrogen) atoms. The molecule has 0 unspecified atom stereocenters. The maximum absolute atomic E-state index is 12.0. The number of anilines is 1. The molecule has 0 aromatic carbocycles. The van der Waals surface area contributed by atoms with Gasteiger partial charge in [0.1, 0.15) is 0 Å². The van der Waals surface area contributed by atoms with Crippen LogP contribution in [0.15, 0.2) is 10.4 Å². The van der Waals surface area contributed by atoms with Crippen LogP contribution in [-0.2, 0) is 16.6 Å². The largest absolute Gasteiger partial charge is 0.357 e. The van der Waals surface area contributed by atoms with E-state index in [9.17, 15) is 8.42 Å². The summed E-state index contributed by atoms with van der Waals surface area (Å²) >= 11 is 1.61. The van der Waals surface area contributed by atoms with Crippen LogP contribution in [0.25, 0.3) is 0 Å². The van der Waals surface area contributed by atoms with Crippen LogP contribution in [0.2, 0.25) is 0 Å². The first-order valence-corrected chi connectivity index (χ1v) is 11.5. The fourth-order valence-electron chi connectivity index (χ4n) is 2.71. The summed E-state index contributed by atoms with van der Waals surface area (Å²) in [5.41, 5.74) is 0.944. The van der Waals surface area contributed by atoms with Crippen molar-refractivity contribution in [3.05, 3.63) is 11.1 Å². The lowest BCUT2D eigenvalue weighted by atomic mass is 10.1. The Morgan fingerprint density at radius 3 is 2.56 bits per heavy atom. The minimum absolute atomic E-state index is 0. The zero-order valence-corrected chi connectivity index (χ0v) is 20.4. The molecule has 0 spiro atoms. The highest BCUT2D eigenvalue weighted by molar-refractivity contribution is 14.0. The highest BCUT2D eigenvalue weighted by atomic mass is 127. The van der Waals surface area contributed by atoms with Crippen molar-refractivity contribution in [3.63, 3.8) is 0 Å². The van der Waals surface area contributed by atoms with Crippen LogP contribution in [0.5, 0.6) is 0 Å². The Balaban J connectivity index is 0.00000364. The smallest absolute Gasteiger partial charge is 0.213 e. The predicted molar refractivity (Wildman–Crippen MR) is 124 cm³/mol. The Bertz CT molecular complexity index is 700. The lowest BCUT2D eigenvalue weighted by Gasteiger charge is -2.32. The summed E-state index contributed by atoms with van der Waals surface area (Å²) in [6, 6.07) is 0.226. The van der Waals surface area contributed by atoms with Gasteiger partial charge in [0.05, 0.1) is 18.0 Å². The van der Waals surface area contributed by atoms with Crippen molar-refractivity contribution in [1.29, 1.82) is 0 Å². The average molecular weight is 531 g/mol. The molecule has 1 aromatic heterocycles. The van der Waals surface area contributed by atoms with E-state index >= 15 is 0 Å². The second-order valence-electron chi connectivity index (χ2n) is 6.43. The van der Waals surface area contributed by atoms with Gasteiger partial charge in [-0.25, -0.2) is 22.7 Å². The van der Waals surface area contributed by atoms with E-state index in [1.807, 2.05) is 31.3 Å². The second-order valence-corrected chi connectivity index (χ2v) is 9.52. The molecule has 1 aromatic rings. The summed E-state index contributed by atoms with van der Waals surface area (Å²) in [4.78, 5) is 11.2. The molecule has 156 valence electrons. The van der Waals surface area contributed by atoms with Crippen LogP contribution in [0.3, 0.4) is 0 Å². The number of guanidine groups is 1. The monoisotopic (exact) mass is 530 g/mol. The summed E-state index contributed by atoms with van der Waals surface area (Å²) in [6.07, 6.45) is 1.57. The summed E-state index contributed by atoms with van der Waals surface area (Å²) in [5.74, 6) is 0.918. The molecular formula is C16H31IN6O2S2. The van der Waals surface area contributed by atoms with Gasteiger partial charge in [0.25, 0.3) is 0 Å². The summed E-state index contributed by atoms with van der Waals surface area (Å²) in [7, 11) is 0.864. The third-order valence-corrected chi connectivity index (χ3v) is 7.16. The molecule has 1 aliphatic rings. The van der Waals surface area contributed by atoms with Gasteiger partial charge in [0, 0.05) is 45.2 Å². The van der Waals surface area contributed by atoms with Crippen molar-refractivity contribution < 1.29 is 8.42 Å². The maximum Gasteiger partial charge on any atom is 0.213 e. The van der Waals surface area contributed by atoms with Crippen molar-refractivity contribution in [2.24, 2.45) is 4.99 Å². The van der Waals surface area contributed by atoms with Crippen molar-refractivity contribution in [2.75, 3.05) is 44.4 Å². The van der Waals surface area contributed by atoms with Crippen LogP contribution in [-0.4, -0.2) is 69.2 Å². The number of aliphatic imine (C=N–C) groups is 1. The molecule has 0 aliphatic carbocycles. The summed E-state index contributed by atoms with van der Waals surface area (Å²) in [5, 5.41) is 9.68. The Hall–Kier alpha value is -0.660. The predicted octanol–water partition coefficient (Wildman–Crippen LogP) is 1.70. The van der Waals surface area contributed by atoms with E-state index < -0.39 is 10.0 Å². The number of hydrogen-bond donors (Lipinski definition) is 2. The van der Waals surface area contributed by atoms with Crippen LogP contribution >= 0.6 is 35.3 Å². The second kappa shape index (κ2) is 11.4. The van der Waals surface area contributed by atoms with Gasteiger partial charge in [0.15, 0.2) is 11.1 Å². The van der Waals surface area contributed by atoms with E-state index in [0.29, 0.717) is 19.6 Å². The maximum atomic E-state index is 12.0. The minimum Gasteiger partial charge on any atom is -0.357 e. The van der Waals surface area contributed by atoms with Gasteiger partial charge in [0.2, 0.25) is 10.0 Å². The molecule has 0 radical (unpaired) electrons. The normalized spacial score (nSPS) is 16.7. The van der Waals surface area contributed by atoms with Gasteiger partial charge < -0.3 is 15.5 Å². The number of hydrogen-bond acceptors (Lipinski definition) is 6. The van der Waals surface area contributed by atoms with Crippen LogP contribution in [0.1, 0.15) is 32.4 Å². The number of rotatable bonds is 7. The van der Waals surface area contributed by atoms with Gasteiger partial charge in [-0.05, 0) is 26.7 Å². The molecular weight excluding hydrogens is 499 g/mol. The van der Waals surface area contributed by atoms with E-state index in [1.54, 1.807) is 22.6 Å². The number of thiazole rings is 1. The molecule has 11 heteroatoms. The van der Waals surface area contributed by atoms with Crippen molar-refractivity contribution in [3.8, 4) is 0 Å². The van der Waals surface area contributed by atoms with Gasteiger partial charge in [-0.1, -0.05) is 0 Å². The molecule has 0 bridgehead atoms. The fraction of sp³-hybridized carbons (Fsp3) is 0.750. The number of nitrogens with zero attached hydrogens (tertiary/aromatic N) is 4. The fourth-order valence-corrected chi connectivity index (χ4v) is 4.59. The van der Waals surface area contributed by atoms with Gasteiger partial charge in [-0.15, -0.1) is 35.3 Å². The summed E-state index contributed by atoms with van der Waals surface area (Å²) in [6.45, 7) is 6.13. The van der Waals surface area contributed by atoms with E-state index in [4.69, 9.17) is 0 Å². The molecule has 0 atom stereocenters. The standard InChI is InChI=1S/C16H30N6O2S2.HI/c1-5-17-15(18-11-14-12-25-16(20-14)21(3)4)19-13-7-9-22(10-8-13)26(23,24)6-2;/h12-13H,5-11H2,1-4H3,(H2,17,18,19);1H. The van der Waals surface area contributed by atoms with Gasteiger partial charge in [-0.3, -0.25) is 0 Å². The number of nitrogens with one attached hydrogen (secondary N) is 2. The molecule has 2 rings (SSSR count). The third kappa shape index (κ3) is 7.35. The topological polar surface area (TPSA) is 89.9 Å². The van der Waals surface area contributed by atoms with Gasteiger partial charge >= 0.3 is 0 Å². The SMILES string of the molecule is CCNC(=NCc1csc(N(C)C)n1)NC1CCN(S(=O)(=O)CC)CC1.I. The highest BCUT2D eigenvalue weighted by Crippen LogP contribution is 2.18. The van der Waals surface area contributed by atoms with Crippen LogP contribution in [0, 0.1) is 0 Å². The third-order valence-electron chi connectivity index (χ3n) is 4.22. The minimum atomic E-state index is -3.09. The first kappa shape index (κ1) is 24.4. The zero-order chi connectivity index (χ0) is 19.2. The lowest BCUT2D eigenvalue weighted by molar-refractivity contribution is 0.306. The molecule has 0 saturated carbocycles. The van der Waals surface area contributed by atoms with Crippen molar-refractivity contribution in [1.82, 2.24) is 19.9 Å². The average Bonchev–Trinajstić information content (AvgIpc) is 3.10. The molecule has 2 N–H and O–H groups in total. The van der Waals surface area contributed by atoms with E-state index in [0.717, 1.165) is 36.2 Å². The lowest BCUT2D eigenvalue weighted by Crippen LogP contribution is -2.50. The van der Waals surface area contributed by atoms with Crippen LogP contribution < -0.4 is 15.5 Å². The van der Waals surface area contributed by atoms with Crippen LogP contribution in [0.4, 0.5) is 5.13 Å². The number of aromatic nitrogens is 1. The van der Waals surface area contributed by atoms with E-state index in [2.05, 4.69) is 20.6 Å². The Morgan fingerprint density at radius 2 is 2.04 bits per heavy atom. The first-order valence-electron chi connectivity index (χ1n) is 9.00. The Morgan fingerprint density at radius 1 is 1.37 bits per heavy atom. The highest BCUT2D eigenvalue weighted by Gasteiger charge is 2.26. The van der Waals surface area contributed by atoms with Crippen molar-refractivity contribution >= 4 is 56.4 Å². The molecule has 2 heterocycles. The quantitative estimate of drug-likeness (QED) is 0.317. The number of piperidine rings is 1. The molecule has 8 nitrogen and oxygen atoms in total. The number of sulfonamides is 1. The Kier molecular flexibility index (Phi) is 10.3. The van der Waals surface area contributed by atoms with Gasteiger partial charge in [-0.2, -0.15) is 0 Å². The molecule has 1 fully saturated rings. The molecule has 1 aliphatic heterocycles. The van der Waals surface area contributed by atoms with Crippen molar-refractivity contribution in [2.45, 2.75) is 39.3 Å². The van der Waals surface area contributed by atoms with E-state index in [1.165, 1.54) is 0 Å². The number of halogens is 1. The Labute approximate surface area is 183 Å². The summed E-state index contributed by atoms with van der Waals surface area (Å²) < 4.78 is 25.5.